The van der Waals surface area contributed by atoms with Crippen LogP contribution in [0, 0.1) is 0 Å². The zero-order valence-corrected chi connectivity index (χ0v) is 17.1. The van der Waals surface area contributed by atoms with E-state index in [0.717, 1.165) is 35.2 Å². The van der Waals surface area contributed by atoms with Crippen LogP contribution in [-0.2, 0) is 0 Å². The first-order valence-corrected chi connectivity index (χ1v) is 9.96. The summed E-state index contributed by atoms with van der Waals surface area (Å²) in [4.78, 5) is 19.3. The van der Waals surface area contributed by atoms with Gasteiger partial charge in [0, 0.05) is 28.7 Å². The summed E-state index contributed by atoms with van der Waals surface area (Å²) in [6.45, 7) is 1.31. The maximum Gasteiger partial charge on any atom is 0.253 e. The fourth-order valence-corrected chi connectivity index (χ4v) is 3.66. The predicted molar refractivity (Wildman–Crippen MR) is 108 cm³/mol. The van der Waals surface area contributed by atoms with E-state index >= 15 is 0 Å². The van der Waals surface area contributed by atoms with Gasteiger partial charge in [-0.2, -0.15) is 4.98 Å². The Labute approximate surface area is 171 Å². The number of carbonyl (C=O) groups excluding carboxylic acids is 1. The van der Waals surface area contributed by atoms with E-state index < -0.39 is 0 Å². The van der Waals surface area contributed by atoms with Crippen LogP contribution in [-0.4, -0.2) is 41.1 Å². The molecule has 28 heavy (non-hydrogen) atoms. The lowest BCUT2D eigenvalue weighted by Crippen LogP contribution is -2.39. The van der Waals surface area contributed by atoms with Crippen molar-refractivity contribution in [2.75, 3.05) is 20.2 Å². The van der Waals surface area contributed by atoms with Crippen molar-refractivity contribution in [3.8, 4) is 17.1 Å². The van der Waals surface area contributed by atoms with E-state index in [-0.39, 0.29) is 11.8 Å². The van der Waals surface area contributed by atoms with Crippen molar-refractivity contribution in [2.24, 2.45) is 0 Å². The van der Waals surface area contributed by atoms with E-state index in [1.54, 1.807) is 31.4 Å². The molecule has 4 rings (SSSR count). The minimum Gasteiger partial charge on any atom is -0.497 e. The number of hydrogen-bond donors (Lipinski definition) is 0. The first kappa shape index (κ1) is 18.7. The summed E-state index contributed by atoms with van der Waals surface area (Å²) >= 11 is 3.42. The molecule has 0 radical (unpaired) electrons. The lowest BCUT2D eigenvalue weighted by atomic mass is 9.97. The number of hydrogen-bond acceptors (Lipinski definition) is 5. The van der Waals surface area contributed by atoms with Gasteiger partial charge in [-0.3, -0.25) is 4.79 Å². The molecule has 0 spiro atoms. The van der Waals surface area contributed by atoms with Crippen molar-refractivity contribution >= 4 is 21.8 Å². The van der Waals surface area contributed by atoms with Gasteiger partial charge in [-0.15, -0.1) is 0 Å². The molecule has 1 aromatic heterocycles. The SMILES string of the molecule is COc1ccc(C(=O)N2CCCC(c3nc(-c4ccc(Br)cc4)no3)C2)cc1. The number of benzene rings is 2. The van der Waals surface area contributed by atoms with Crippen LogP contribution in [0.3, 0.4) is 0 Å². The van der Waals surface area contributed by atoms with E-state index in [1.165, 1.54) is 0 Å². The van der Waals surface area contributed by atoms with Crippen molar-refractivity contribution in [3.63, 3.8) is 0 Å². The second kappa shape index (κ2) is 8.14. The molecule has 0 N–H and O–H groups in total. The summed E-state index contributed by atoms with van der Waals surface area (Å²) < 4.78 is 11.7. The van der Waals surface area contributed by atoms with Gasteiger partial charge in [0.1, 0.15) is 5.75 Å². The fourth-order valence-electron chi connectivity index (χ4n) is 3.40. The van der Waals surface area contributed by atoms with Gasteiger partial charge >= 0.3 is 0 Å². The van der Waals surface area contributed by atoms with Gasteiger partial charge in [0.25, 0.3) is 5.91 Å². The van der Waals surface area contributed by atoms with Crippen LogP contribution >= 0.6 is 15.9 Å². The molecule has 0 saturated carbocycles. The highest BCUT2D eigenvalue weighted by Crippen LogP contribution is 2.29. The number of rotatable bonds is 4. The Morgan fingerprint density at radius 2 is 1.93 bits per heavy atom. The number of methoxy groups -OCH3 is 1. The van der Waals surface area contributed by atoms with Gasteiger partial charge in [-0.25, -0.2) is 0 Å². The molecule has 144 valence electrons. The molecule has 1 unspecified atom stereocenters. The van der Waals surface area contributed by atoms with E-state index in [0.29, 0.717) is 23.8 Å². The quantitative estimate of drug-likeness (QED) is 0.594. The minimum absolute atomic E-state index is 0.0139. The number of piperidine rings is 1. The van der Waals surface area contributed by atoms with Crippen LogP contribution in [0.1, 0.15) is 35.0 Å². The van der Waals surface area contributed by atoms with E-state index in [4.69, 9.17) is 9.26 Å². The molecule has 3 aromatic rings. The molecule has 1 atom stereocenters. The molecular formula is C21H20BrN3O3. The van der Waals surface area contributed by atoms with Crippen LogP contribution < -0.4 is 4.74 Å². The summed E-state index contributed by atoms with van der Waals surface area (Å²) in [5.41, 5.74) is 1.56. The standard InChI is InChI=1S/C21H20BrN3O3/c1-27-18-10-6-15(7-11-18)21(26)25-12-2-3-16(13-25)20-23-19(24-28-20)14-4-8-17(22)9-5-14/h4-11,16H,2-3,12-13H2,1H3. The third kappa shape index (κ3) is 3.94. The first-order valence-electron chi connectivity index (χ1n) is 9.17. The monoisotopic (exact) mass is 441 g/mol. The number of carbonyl (C=O) groups is 1. The maximum absolute atomic E-state index is 12.8. The average molecular weight is 442 g/mol. The third-order valence-electron chi connectivity index (χ3n) is 4.94. The molecule has 1 aliphatic heterocycles. The van der Waals surface area contributed by atoms with Crippen LogP contribution in [0.25, 0.3) is 11.4 Å². The summed E-state index contributed by atoms with van der Waals surface area (Å²) in [7, 11) is 1.61. The van der Waals surface area contributed by atoms with Gasteiger partial charge in [-0.1, -0.05) is 21.1 Å². The second-order valence-electron chi connectivity index (χ2n) is 6.78. The van der Waals surface area contributed by atoms with E-state index in [1.807, 2.05) is 29.2 Å². The minimum atomic E-state index is 0.0139. The summed E-state index contributed by atoms with van der Waals surface area (Å²) in [6, 6.07) is 15.0. The lowest BCUT2D eigenvalue weighted by molar-refractivity contribution is 0.0695. The molecule has 1 amide bonds. The predicted octanol–water partition coefficient (Wildman–Crippen LogP) is 4.53. The second-order valence-corrected chi connectivity index (χ2v) is 7.70. The molecule has 2 aromatic carbocycles. The third-order valence-corrected chi connectivity index (χ3v) is 5.47. The van der Waals surface area contributed by atoms with E-state index in [2.05, 4.69) is 26.1 Å². The number of halogens is 1. The first-order chi connectivity index (χ1) is 13.6. The zero-order valence-electron chi connectivity index (χ0n) is 15.5. The number of ether oxygens (including phenoxy) is 1. The van der Waals surface area contributed by atoms with Gasteiger partial charge in [-0.05, 0) is 61.4 Å². The smallest absolute Gasteiger partial charge is 0.253 e. The van der Waals surface area contributed by atoms with E-state index in [9.17, 15) is 4.79 Å². The summed E-state index contributed by atoms with van der Waals surface area (Å²) in [6.07, 6.45) is 1.83. The highest BCUT2D eigenvalue weighted by atomic mass is 79.9. The number of aromatic nitrogens is 2. The maximum atomic E-state index is 12.8. The fraction of sp³-hybridized carbons (Fsp3) is 0.286. The van der Waals surface area contributed by atoms with Crippen LogP contribution in [0.4, 0.5) is 0 Å². The topological polar surface area (TPSA) is 68.5 Å². The summed E-state index contributed by atoms with van der Waals surface area (Å²) in [5.74, 6) is 1.96. The molecule has 1 aliphatic rings. The van der Waals surface area contributed by atoms with Crippen LogP contribution in [0.5, 0.6) is 5.75 Å². The summed E-state index contributed by atoms with van der Waals surface area (Å²) in [5, 5.41) is 4.12. The van der Waals surface area contributed by atoms with Crippen molar-refractivity contribution in [1.82, 2.24) is 15.0 Å². The molecule has 0 bridgehead atoms. The van der Waals surface area contributed by atoms with Gasteiger partial charge in [0.15, 0.2) is 0 Å². The Bertz CT molecular complexity index is 954. The van der Waals surface area contributed by atoms with Crippen LogP contribution in [0.15, 0.2) is 57.5 Å². The largest absolute Gasteiger partial charge is 0.497 e. The highest BCUT2D eigenvalue weighted by molar-refractivity contribution is 9.10. The van der Waals surface area contributed by atoms with Crippen molar-refractivity contribution in [2.45, 2.75) is 18.8 Å². The van der Waals surface area contributed by atoms with Gasteiger partial charge < -0.3 is 14.2 Å². The lowest BCUT2D eigenvalue weighted by Gasteiger charge is -2.31. The Hall–Kier alpha value is -2.67. The average Bonchev–Trinajstić information content (AvgIpc) is 3.24. The Morgan fingerprint density at radius 1 is 1.18 bits per heavy atom. The van der Waals surface area contributed by atoms with Gasteiger partial charge in [0.2, 0.25) is 11.7 Å². The number of amides is 1. The highest BCUT2D eigenvalue weighted by Gasteiger charge is 2.29. The van der Waals surface area contributed by atoms with Crippen molar-refractivity contribution in [3.05, 3.63) is 64.5 Å². The molecule has 2 heterocycles. The molecular weight excluding hydrogens is 422 g/mol. The molecule has 7 heteroatoms. The molecule has 1 saturated heterocycles. The van der Waals surface area contributed by atoms with Crippen molar-refractivity contribution < 1.29 is 14.1 Å². The molecule has 6 nitrogen and oxygen atoms in total. The Kier molecular flexibility index (Phi) is 5.43. The van der Waals surface area contributed by atoms with Crippen LogP contribution in [0.2, 0.25) is 0 Å². The molecule has 1 fully saturated rings. The number of nitrogens with zero attached hydrogens (tertiary/aromatic N) is 3. The number of likely N-dealkylation sites (tertiary alicyclic amines) is 1. The Morgan fingerprint density at radius 3 is 2.64 bits per heavy atom. The van der Waals surface area contributed by atoms with Crippen molar-refractivity contribution in [1.29, 1.82) is 0 Å². The Balaban J connectivity index is 1.47. The zero-order chi connectivity index (χ0) is 19.5. The normalized spacial score (nSPS) is 16.8. The van der Waals surface area contributed by atoms with Gasteiger partial charge in [0.05, 0.1) is 13.0 Å². The molecule has 0 aliphatic carbocycles.